The van der Waals surface area contributed by atoms with Crippen molar-refractivity contribution in [3.63, 3.8) is 0 Å². The minimum Gasteiger partial charge on any atom is -0.313 e. The van der Waals surface area contributed by atoms with Crippen molar-refractivity contribution < 1.29 is 0 Å². The maximum atomic E-state index is 3.61. The molecule has 0 aliphatic carbocycles. The molecule has 0 fully saturated rings. The fraction of sp³-hybridized carbons (Fsp3) is 0.692. The molecule has 1 aromatic rings. The summed E-state index contributed by atoms with van der Waals surface area (Å²) in [6.07, 6.45) is 8.03. The quantitative estimate of drug-likeness (QED) is 0.656. The first-order valence-electron chi connectivity index (χ1n) is 6.18. The highest BCUT2D eigenvalue weighted by Gasteiger charge is 2.12. The second-order valence-corrected chi connectivity index (χ2v) is 5.82. The number of unbranched alkanes of at least 4 members (excludes halogenated alkanes) is 4. The third kappa shape index (κ3) is 4.56. The standard InChI is InChI=1S/C13H22BrNS/c1-3-4-5-6-7-8-13(15-2)11-9-16-10-12(11)14/h9-10,13,15H,3-8H2,1-2H3. The van der Waals surface area contributed by atoms with Crippen LogP contribution in [0.15, 0.2) is 15.2 Å². The summed E-state index contributed by atoms with van der Waals surface area (Å²) in [4.78, 5) is 0. The van der Waals surface area contributed by atoms with E-state index in [0.29, 0.717) is 6.04 Å². The summed E-state index contributed by atoms with van der Waals surface area (Å²) in [6, 6.07) is 0.516. The summed E-state index contributed by atoms with van der Waals surface area (Å²) in [5, 5.41) is 7.82. The first kappa shape index (κ1) is 14.2. The van der Waals surface area contributed by atoms with Crippen molar-refractivity contribution in [2.75, 3.05) is 7.05 Å². The molecular weight excluding hydrogens is 282 g/mol. The summed E-state index contributed by atoms with van der Waals surface area (Å²) < 4.78 is 1.26. The van der Waals surface area contributed by atoms with Crippen LogP contribution in [0.1, 0.15) is 57.1 Å². The van der Waals surface area contributed by atoms with Crippen LogP contribution in [0.25, 0.3) is 0 Å². The predicted molar refractivity (Wildman–Crippen MR) is 77.2 cm³/mol. The highest BCUT2D eigenvalue weighted by molar-refractivity contribution is 9.10. The van der Waals surface area contributed by atoms with Gasteiger partial charge in [-0.3, -0.25) is 0 Å². The van der Waals surface area contributed by atoms with E-state index in [1.807, 2.05) is 0 Å². The average Bonchev–Trinajstić information content (AvgIpc) is 2.70. The number of hydrogen-bond donors (Lipinski definition) is 1. The third-order valence-corrected chi connectivity index (χ3v) is 4.71. The molecule has 0 aliphatic heterocycles. The van der Waals surface area contributed by atoms with Gasteiger partial charge in [-0.1, -0.05) is 39.0 Å². The topological polar surface area (TPSA) is 12.0 Å². The Labute approximate surface area is 112 Å². The van der Waals surface area contributed by atoms with Crippen molar-refractivity contribution in [3.05, 3.63) is 20.8 Å². The normalized spacial score (nSPS) is 12.9. The van der Waals surface area contributed by atoms with Gasteiger partial charge in [0.1, 0.15) is 0 Å². The van der Waals surface area contributed by atoms with Crippen molar-refractivity contribution in [3.8, 4) is 0 Å². The number of nitrogens with one attached hydrogen (secondary N) is 1. The molecule has 1 unspecified atom stereocenters. The maximum Gasteiger partial charge on any atom is 0.0337 e. The van der Waals surface area contributed by atoms with E-state index in [1.165, 1.54) is 48.6 Å². The summed E-state index contributed by atoms with van der Waals surface area (Å²) >= 11 is 5.38. The smallest absolute Gasteiger partial charge is 0.0337 e. The second kappa shape index (κ2) is 8.26. The van der Waals surface area contributed by atoms with Crippen LogP contribution in [0.2, 0.25) is 0 Å². The summed E-state index contributed by atoms with van der Waals surface area (Å²) in [7, 11) is 2.06. The molecule has 0 radical (unpaired) electrons. The van der Waals surface area contributed by atoms with Crippen LogP contribution >= 0.6 is 27.3 Å². The number of hydrogen-bond acceptors (Lipinski definition) is 2. The molecule has 1 nitrogen and oxygen atoms in total. The number of rotatable bonds is 8. The molecule has 92 valence electrons. The van der Waals surface area contributed by atoms with E-state index >= 15 is 0 Å². The van der Waals surface area contributed by atoms with Crippen LogP contribution < -0.4 is 5.32 Å². The largest absolute Gasteiger partial charge is 0.313 e. The van der Waals surface area contributed by atoms with E-state index in [1.54, 1.807) is 11.3 Å². The summed E-state index contributed by atoms with van der Waals surface area (Å²) in [5.74, 6) is 0. The van der Waals surface area contributed by atoms with Crippen molar-refractivity contribution >= 4 is 27.3 Å². The molecule has 0 saturated heterocycles. The Morgan fingerprint density at radius 2 is 2.00 bits per heavy atom. The molecular formula is C13H22BrNS. The lowest BCUT2D eigenvalue weighted by Crippen LogP contribution is -2.15. The first-order valence-corrected chi connectivity index (χ1v) is 7.92. The van der Waals surface area contributed by atoms with Gasteiger partial charge < -0.3 is 5.32 Å². The fourth-order valence-corrected chi connectivity index (χ4v) is 3.57. The second-order valence-electron chi connectivity index (χ2n) is 4.22. The molecule has 16 heavy (non-hydrogen) atoms. The van der Waals surface area contributed by atoms with Crippen LogP contribution in [-0.2, 0) is 0 Å². The lowest BCUT2D eigenvalue weighted by Gasteiger charge is -2.15. The minimum atomic E-state index is 0.516. The lowest BCUT2D eigenvalue weighted by atomic mass is 10.0. The molecule has 1 aromatic heterocycles. The van der Waals surface area contributed by atoms with Gasteiger partial charge >= 0.3 is 0 Å². The fourth-order valence-electron chi connectivity index (χ4n) is 1.95. The van der Waals surface area contributed by atoms with Gasteiger partial charge in [0.05, 0.1) is 0 Å². The monoisotopic (exact) mass is 303 g/mol. The molecule has 1 rings (SSSR count). The molecule has 1 N–H and O–H groups in total. The molecule has 0 amide bonds. The van der Waals surface area contributed by atoms with E-state index in [4.69, 9.17) is 0 Å². The van der Waals surface area contributed by atoms with Crippen LogP contribution in [-0.4, -0.2) is 7.05 Å². The molecule has 0 aliphatic rings. The van der Waals surface area contributed by atoms with E-state index in [0.717, 1.165) is 0 Å². The van der Waals surface area contributed by atoms with Gasteiger partial charge in [0, 0.05) is 15.9 Å². The Morgan fingerprint density at radius 1 is 1.25 bits per heavy atom. The van der Waals surface area contributed by atoms with Gasteiger partial charge in [-0.25, -0.2) is 0 Å². The first-order chi connectivity index (χ1) is 7.79. The zero-order valence-electron chi connectivity index (χ0n) is 10.3. The van der Waals surface area contributed by atoms with Crippen molar-refractivity contribution in [1.29, 1.82) is 0 Å². The van der Waals surface area contributed by atoms with E-state index in [2.05, 4.69) is 46.0 Å². The highest BCUT2D eigenvalue weighted by atomic mass is 79.9. The molecule has 0 spiro atoms. The predicted octanol–water partition coefficient (Wildman–Crippen LogP) is 5.13. The molecule has 0 bridgehead atoms. The number of halogens is 1. The van der Waals surface area contributed by atoms with Gasteiger partial charge in [0.2, 0.25) is 0 Å². The third-order valence-electron chi connectivity index (χ3n) is 2.96. The Bertz CT molecular complexity index is 285. The van der Waals surface area contributed by atoms with Crippen LogP contribution in [0.3, 0.4) is 0 Å². The molecule has 1 atom stereocenters. The Balaban J connectivity index is 2.30. The zero-order chi connectivity index (χ0) is 11.8. The Kier molecular flexibility index (Phi) is 7.33. The number of thiophene rings is 1. The molecule has 3 heteroatoms. The SMILES string of the molecule is CCCCCCCC(NC)c1cscc1Br. The van der Waals surface area contributed by atoms with E-state index in [-0.39, 0.29) is 0 Å². The van der Waals surface area contributed by atoms with E-state index < -0.39 is 0 Å². The van der Waals surface area contributed by atoms with Gasteiger partial charge in [-0.15, -0.1) is 0 Å². The van der Waals surface area contributed by atoms with Gasteiger partial charge in [0.15, 0.2) is 0 Å². The molecule has 0 saturated carbocycles. The Morgan fingerprint density at radius 3 is 2.56 bits per heavy atom. The van der Waals surface area contributed by atoms with Crippen molar-refractivity contribution in [2.24, 2.45) is 0 Å². The minimum absolute atomic E-state index is 0.516. The average molecular weight is 304 g/mol. The lowest BCUT2D eigenvalue weighted by molar-refractivity contribution is 0.500. The Hall–Kier alpha value is 0.140. The maximum absolute atomic E-state index is 3.61. The van der Waals surface area contributed by atoms with E-state index in [9.17, 15) is 0 Å². The summed E-state index contributed by atoms with van der Waals surface area (Å²) in [5.41, 5.74) is 1.42. The van der Waals surface area contributed by atoms with Crippen LogP contribution in [0.5, 0.6) is 0 Å². The van der Waals surface area contributed by atoms with Crippen LogP contribution in [0.4, 0.5) is 0 Å². The van der Waals surface area contributed by atoms with Gasteiger partial charge in [-0.05, 0) is 40.3 Å². The molecule has 0 aromatic carbocycles. The van der Waals surface area contributed by atoms with Crippen molar-refractivity contribution in [1.82, 2.24) is 5.32 Å². The van der Waals surface area contributed by atoms with Crippen LogP contribution in [0, 0.1) is 0 Å². The van der Waals surface area contributed by atoms with Gasteiger partial charge in [0.25, 0.3) is 0 Å². The molecule has 1 heterocycles. The highest BCUT2D eigenvalue weighted by Crippen LogP contribution is 2.30. The zero-order valence-corrected chi connectivity index (χ0v) is 12.7. The van der Waals surface area contributed by atoms with Gasteiger partial charge in [-0.2, -0.15) is 11.3 Å². The summed E-state index contributed by atoms with van der Waals surface area (Å²) in [6.45, 7) is 2.26. The van der Waals surface area contributed by atoms with Crippen molar-refractivity contribution in [2.45, 2.75) is 51.5 Å².